The molecule has 2 fully saturated rings. The summed E-state index contributed by atoms with van der Waals surface area (Å²) in [6.45, 7) is 4.04. The Morgan fingerprint density at radius 1 is 1.12 bits per heavy atom. The smallest absolute Gasteiger partial charge is 0.289 e. The van der Waals surface area contributed by atoms with Crippen LogP contribution in [0.3, 0.4) is 0 Å². The van der Waals surface area contributed by atoms with E-state index in [-0.39, 0.29) is 17.4 Å². The average Bonchev–Trinajstić information content (AvgIpc) is 3.26. The predicted molar refractivity (Wildman–Crippen MR) is 98.1 cm³/mol. The summed E-state index contributed by atoms with van der Waals surface area (Å²) < 4.78 is 5.50. The van der Waals surface area contributed by atoms with E-state index >= 15 is 0 Å². The number of piperazine rings is 1. The van der Waals surface area contributed by atoms with Gasteiger partial charge in [0, 0.05) is 25.3 Å². The maximum atomic E-state index is 12.7. The Hall–Kier alpha value is -2.60. The van der Waals surface area contributed by atoms with Crippen molar-refractivity contribution < 1.29 is 14.0 Å². The molecule has 2 aromatic rings. The number of anilines is 1. The topological polar surface area (TPSA) is 57.0 Å². The molecule has 0 saturated carbocycles. The first-order chi connectivity index (χ1) is 12.5. The molecule has 2 aliphatic rings. The first-order valence-corrected chi connectivity index (χ1v) is 8.91. The minimum atomic E-state index is -0.221. The lowest BCUT2D eigenvalue weighted by Crippen LogP contribution is -2.64. The van der Waals surface area contributed by atoms with E-state index in [2.05, 4.69) is 4.90 Å². The van der Waals surface area contributed by atoms with Gasteiger partial charge in [0.25, 0.3) is 5.91 Å². The highest BCUT2D eigenvalue weighted by Crippen LogP contribution is 2.34. The molecule has 1 spiro atoms. The largest absolute Gasteiger partial charge is 0.456 e. The van der Waals surface area contributed by atoms with Crippen LogP contribution in [0.4, 0.5) is 5.69 Å². The van der Waals surface area contributed by atoms with E-state index in [0.717, 1.165) is 17.9 Å². The summed E-state index contributed by atoms with van der Waals surface area (Å²) in [6, 6.07) is 13.3. The summed E-state index contributed by atoms with van der Waals surface area (Å²) in [5.74, 6) is 1.13. The molecule has 136 valence electrons. The standard InChI is InChI=1S/C20H23N3O3/c1-15-8-9-17(26-15)19(25)22-11-10-20(13-22)14-23(18(24)12-21(20)2)16-6-4-3-5-7-16/h3-9H,10-14H2,1-2H3/t20-/m0/s1. The summed E-state index contributed by atoms with van der Waals surface area (Å²) in [4.78, 5) is 31.1. The summed E-state index contributed by atoms with van der Waals surface area (Å²) in [5, 5.41) is 0. The fourth-order valence-corrected chi connectivity index (χ4v) is 3.98. The van der Waals surface area contributed by atoms with Crippen LogP contribution in [0.2, 0.25) is 0 Å². The van der Waals surface area contributed by atoms with Crippen molar-refractivity contribution in [2.24, 2.45) is 0 Å². The number of para-hydroxylation sites is 1. The molecule has 3 heterocycles. The van der Waals surface area contributed by atoms with E-state index in [1.54, 1.807) is 6.07 Å². The minimum absolute atomic E-state index is 0.0773. The Balaban J connectivity index is 1.56. The van der Waals surface area contributed by atoms with Crippen molar-refractivity contribution in [3.8, 4) is 0 Å². The van der Waals surface area contributed by atoms with Crippen molar-refractivity contribution in [1.82, 2.24) is 9.80 Å². The predicted octanol–water partition coefficient (Wildman–Crippen LogP) is 2.15. The summed E-state index contributed by atoms with van der Waals surface area (Å²) in [5.41, 5.74) is 0.692. The highest BCUT2D eigenvalue weighted by Gasteiger charge is 2.49. The molecule has 0 N–H and O–H groups in total. The molecule has 1 atom stereocenters. The van der Waals surface area contributed by atoms with E-state index in [0.29, 0.717) is 31.9 Å². The highest BCUT2D eigenvalue weighted by molar-refractivity contribution is 5.96. The van der Waals surface area contributed by atoms with Crippen LogP contribution in [0.15, 0.2) is 46.9 Å². The van der Waals surface area contributed by atoms with Gasteiger partial charge >= 0.3 is 0 Å². The van der Waals surface area contributed by atoms with E-state index in [9.17, 15) is 9.59 Å². The van der Waals surface area contributed by atoms with Crippen LogP contribution in [-0.4, -0.2) is 60.4 Å². The Kier molecular flexibility index (Phi) is 4.07. The molecule has 0 bridgehead atoms. The van der Waals surface area contributed by atoms with Crippen LogP contribution in [0, 0.1) is 6.92 Å². The SMILES string of the molecule is Cc1ccc(C(=O)N2CC[C@]3(C2)CN(c2ccccc2)C(=O)CN3C)o1. The average molecular weight is 353 g/mol. The van der Waals surface area contributed by atoms with Gasteiger partial charge in [0.15, 0.2) is 5.76 Å². The monoisotopic (exact) mass is 353 g/mol. The molecule has 26 heavy (non-hydrogen) atoms. The molecule has 1 aromatic carbocycles. The Morgan fingerprint density at radius 2 is 1.88 bits per heavy atom. The molecule has 0 unspecified atom stereocenters. The highest BCUT2D eigenvalue weighted by atomic mass is 16.3. The normalized spacial score (nSPS) is 23.8. The lowest BCUT2D eigenvalue weighted by molar-refractivity contribution is -0.123. The van der Waals surface area contributed by atoms with Gasteiger partial charge in [-0.2, -0.15) is 0 Å². The number of rotatable bonds is 2. The number of carbonyl (C=O) groups is 2. The van der Waals surface area contributed by atoms with E-state index in [1.165, 1.54) is 0 Å². The van der Waals surface area contributed by atoms with Crippen LogP contribution in [0.25, 0.3) is 0 Å². The third-order valence-electron chi connectivity index (χ3n) is 5.57. The van der Waals surface area contributed by atoms with Crippen LogP contribution >= 0.6 is 0 Å². The molecule has 2 aliphatic heterocycles. The Labute approximate surface area is 153 Å². The first-order valence-electron chi connectivity index (χ1n) is 8.91. The van der Waals surface area contributed by atoms with Crippen molar-refractivity contribution in [3.63, 3.8) is 0 Å². The fourth-order valence-electron chi connectivity index (χ4n) is 3.98. The van der Waals surface area contributed by atoms with Gasteiger partial charge in [-0.3, -0.25) is 14.5 Å². The number of hydrogen-bond donors (Lipinski definition) is 0. The second kappa shape index (κ2) is 6.29. The van der Waals surface area contributed by atoms with Crippen LogP contribution in [-0.2, 0) is 4.79 Å². The number of likely N-dealkylation sites (N-methyl/N-ethyl adjacent to an activating group) is 1. The number of amides is 2. The van der Waals surface area contributed by atoms with Crippen LogP contribution in [0.5, 0.6) is 0 Å². The maximum Gasteiger partial charge on any atom is 0.289 e. The zero-order valence-electron chi connectivity index (χ0n) is 15.1. The van der Waals surface area contributed by atoms with Gasteiger partial charge < -0.3 is 14.2 Å². The van der Waals surface area contributed by atoms with Crippen molar-refractivity contribution in [3.05, 3.63) is 54.0 Å². The van der Waals surface area contributed by atoms with Crippen molar-refractivity contribution in [2.45, 2.75) is 18.9 Å². The lowest BCUT2D eigenvalue weighted by atomic mass is 9.92. The van der Waals surface area contributed by atoms with E-state index < -0.39 is 0 Å². The lowest BCUT2D eigenvalue weighted by Gasteiger charge is -2.46. The van der Waals surface area contributed by atoms with Gasteiger partial charge in [-0.05, 0) is 44.7 Å². The fraction of sp³-hybridized carbons (Fsp3) is 0.400. The number of carbonyl (C=O) groups excluding carboxylic acids is 2. The molecule has 2 amide bonds. The second-order valence-electron chi connectivity index (χ2n) is 7.28. The van der Waals surface area contributed by atoms with Crippen molar-refractivity contribution in [2.75, 3.05) is 38.1 Å². The quantitative estimate of drug-likeness (QED) is 0.830. The maximum absolute atomic E-state index is 12.7. The van der Waals surface area contributed by atoms with Crippen LogP contribution < -0.4 is 4.90 Å². The summed E-state index contributed by atoms with van der Waals surface area (Å²) in [7, 11) is 1.98. The van der Waals surface area contributed by atoms with Gasteiger partial charge in [0.05, 0.1) is 12.1 Å². The third kappa shape index (κ3) is 2.80. The zero-order valence-corrected chi connectivity index (χ0v) is 15.1. The summed E-state index contributed by atoms with van der Waals surface area (Å²) in [6.07, 6.45) is 0.839. The van der Waals surface area contributed by atoms with Gasteiger partial charge in [0.2, 0.25) is 5.91 Å². The Morgan fingerprint density at radius 3 is 2.58 bits per heavy atom. The number of hydrogen-bond acceptors (Lipinski definition) is 4. The molecule has 0 aliphatic carbocycles. The molecular formula is C20H23N3O3. The number of likely N-dealkylation sites (tertiary alicyclic amines) is 1. The van der Waals surface area contributed by atoms with E-state index in [4.69, 9.17) is 4.42 Å². The molecule has 6 heteroatoms. The zero-order chi connectivity index (χ0) is 18.3. The second-order valence-corrected chi connectivity index (χ2v) is 7.28. The summed E-state index contributed by atoms with van der Waals surface area (Å²) >= 11 is 0. The van der Waals surface area contributed by atoms with E-state index in [1.807, 2.05) is 60.2 Å². The molecule has 2 saturated heterocycles. The molecule has 1 aromatic heterocycles. The van der Waals surface area contributed by atoms with Gasteiger partial charge in [0.1, 0.15) is 5.76 Å². The third-order valence-corrected chi connectivity index (χ3v) is 5.57. The van der Waals surface area contributed by atoms with Crippen molar-refractivity contribution in [1.29, 1.82) is 0 Å². The van der Waals surface area contributed by atoms with Crippen LogP contribution in [0.1, 0.15) is 22.7 Å². The van der Waals surface area contributed by atoms with Gasteiger partial charge in [-0.1, -0.05) is 18.2 Å². The van der Waals surface area contributed by atoms with Gasteiger partial charge in [-0.15, -0.1) is 0 Å². The number of furan rings is 1. The number of nitrogens with zero attached hydrogens (tertiary/aromatic N) is 3. The molecule has 0 radical (unpaired) electrons. The molecule has 4 rings (SSSR count). The van der Waals surface area contributed by atoms with Gasteiger partial charge in [-0.25, -0.2) is 0 Å². The molecule has 6 nitrogen and oxygen atoms in total. The molecular weight excluding hydrogens is 330 g/mol. The number of aryl methyl sites for hydroxylation is 1. The van der Waals surface area contributed by atoms with Crippen molar-refractivity contribution >= 4 is 17.5 Å². The minimum Gasteiger partial charge on any atom is -0.456 e. The Bertz CT molecular complexity index is 832. The number of benzene rings is 1. The first kappa shape index (κ1) is 16.8.